The molecule has 1 unspecified atom stereocenters. The van der Waals surface area contributed by atoms with Gasteiger partial charge in [0, 0.05) is 4.88 Å². The number of thiophene rings is 1. The minimum Gasteiger partial charge on any atom is -0.493 e. The third-order valence-electron chi connectivity index (χ3n) is 4.70. The molecule has 2 atom stereocenters. The van der Waals surface area contributed by atoms with E-state index in [1.165, 1.54) is 0 Å². The molecule has 0 fully saturated rings. The molecule has 2 aromatic carbocycles. The molecular formula is C23H27N2O3S+. The minimum absolute atomic E-state index is 0.00613. The van der Waals surface area contributed by atoms with E-state index >= 15 is 0 Å². The molecule has 0 saturated heterocycles. The van der Waals surface area contributed by atoms with Crippen molar-refractivity contribution in [2.24, 2.45) is 0 Å². The summed E-state index contributed by atoms with van der Waals surface area (Å²) < 4.78 is 10.9. The molecule has 1 amide bonds. The molecule has 0 spiro atoms. The molecule has 2 N–H and O–H groups in total. The van der Waals surface area contributed by atoms with E-state index in [2.05, 4.69) is 11.4 Å². The molecule has 3 aromatic rings. The summed E-state index contributed by atoms with van der Waals surface area (Å²) in [7, 11) is 5.26. The second-order valence-electron chi connectivity index (χ2n) is 6.89. The van der Waals surface area contributed by atoms with Crippen molar-refractivity contribution in [2.75, 3.05) is 27.8 Å². The molecule has 0 aliphatic rings. The zero-order valence-electron chi connectivity index (χ0n) is 17.0. The predicted octanol–water partition coefficient (Wildman–Crippen LogP) is 2.69. The van der Waals surface area contributed by atoms with Crippen LogP contribution >= 0.6 is 11.3 Å². The maximum Gasteiger partial charge on any atom is 0.275 e. The molecule has 1 aromatic heterocycles. The fourth-order valence-electron chi connectivity index (χ4n) is 3.39. The Morgan fingerprint density at radius 3 is 2.48 bits per heavy atom. The average Bonchev–Trinajstić information content (AvgIpc) is 3.26. The zero-order chi connectivity index (χ0) is 20.6. The SMILES string of the molecule is COc1cccc(C[NH+](C)CC(=O)N[C@H](c2ccccc2)c2cccs2)c1OC. The van der Waals surface area contributed by atoms with Gasteiger partial charge in [-0.25, -0.2) is 0 Å². The van der Waals surface area contributed by atoms with E-state index in [-0.39, 0.29) is 11.9 Å². The summed E-state index contributed by atoms with van der Waals surface area (Å²) in [5.74, 6) is 1.42. The van der Waals surface area contributed by atoms with Crippen molar-refractivity contribution >= 4 is 17.2 Å². The molecule has 0 radical (unpaired) electrons. The number of likely N-dealkylation sites (N-methyl/N-ethyl adjacent to an activating group) is 1. The van der Waals surface area contributed by atoms with Crippen LogP contribution in [0.1, 0.15) is 22.0 Å². The molecule has 0 saturated carbocycles. The number of para-hydroxylation sites is 1. The highest BCUT2D eigenvalue weighted by Gasteiger charge is 2.21. The lowest BCUT2D eigenvalue weighted by molar-refractivity contribution is -0.885. The first-order chi connectivity index (χ1) is 14.1. The van der Waals surface area contributed by atoms with Crippen LogP contribution in [0.5, 0.6) is 11.5 Å². The Balaban J connectivity index is 1.68. The lowest BCUT2D eigenvalue weighted by Crippen LogP contribution is -3.08. The van der Waals surface area contributed by atoms with E-state index in [1.807, 2.05) is 67.0 Å². The molecule has 1 heterocycles. The van der Waals surface area contributed by atoms with Crippen molar-refractivity contribution in [1.82, 2.24) is 5.32 Å². The number of methoxy groups -OCH3 is 2. The number of quaternary nitrogens is 1. The quantitative estimate of drug-likeness (QED) is 0.569. The predicted molar refractivity (Wildman–Crippen MR) is 116 cm³/mol. The van der Waals surface area contributed by atoms with Gasteiger partial charge in [-0.1, -0.05) is 42.5 Å². The summed E-state index contributed by atoms with van der Waals surface area (Å²) in [5.41, 5.74) is 2.09. The number of hydrogen-bond donors (Lipinski definition) is 2. The molecule has 5 nitrogen and oxygen atoms in total. The van der Waals surface area contributed by atoms with Crippen molar-refractivity contribution in [2.45, 2.75) is 12.6 Å². The Hall–Kier alpha value is -2.83. The van der Waals surface area contributed by atoms with Crippen LogP contribution in [0.15, 0.2) is 66.0 Å². The van der Waals surface area contributed by atoms with Gasteiger partial charge in [-0.15, -0.1) is 11.3 Å². The van der Waals surface area contributed by atoms with E-state index in [9.17, 15) is 4.79 Å². The normalized spacial score (nSPS) is 12.8. The lowest BCUT2D eigenvalue weighted by Gasteiger charge is -2.20. The second-order valence-corrected chi connectivity index (χ2v) is 7.87. The zero-order valence-corrected chi connectivity index (χ0v) is 17.8. The molecule has 0 aliphatic heterocycles. The Bertz CT molecular complexity index is 913. The number of ether oxygens (including phenoxy) is 2. The van der Waals surface area contributed by atoms with Crippen LogP contribution in [0.4, 0.5) is 0 Å². The van der Waals surface area contributed by atoms with Gasteiger partial charge in [0.1, 0.15) is 6.54 Å². The number of benzene rings is 2. The van der Waals surface area contributed by atoms with Crippen molar-refractivity contribution in [3.63, 3.8) is 0 Å². The summed E-state index contributed by atoms with van der Waals surface area (Å²) in [4.78, 5) is 15.0. The van der Waals surface area contributed by atoms with E-state index in [0.717, 1.165) is 26.7 Å². The third-order valence-corrected chi connectivity index (χ3v) is 5.64. The third kappa shape index (κ3) is 5.37. The van der Waals surface area contributed by atoms with E-state index < -0.39 is 0 Å². The number of carbonyl (C=O) groups is 1. The van der Waals surface area contributed by atoms with E-state index in [0.29, 0.717) is 18.8 Å². The Morgan fingerprint density at radius 1 is 1.03 bits per heavy atom. The molecule has 152 valence electrons. The van der Waals surface area contributed by atoms with Gasteiger partial charge in [-0.3, -0.25) is 4.79 Å². The van der Waals surface area contributed by atoms with Gasteiger partial charge >= 0.3 is 0 Å². The maximum absolute atomic E-state index is 12.8. The van der Waals surface area contributed by atoms with Crippen LogP contribution < -0.4 is 19.7 Å². The first-order valence-corrected chi connectivity index (χ1v) is 10.4. The van der Waals surface area contributed by atoms with E-state index in [4.69, 9.17) is 9.47 Å². The van der Waals surface area contributed by atoms with Gasteiger partial charge in [0.25, 0.3) is 5.91 Å². The molecule has 0 bridgehead atoms. The monoisotopic (exact) mass is 411 g/mol. The molecule has 3 rings (SSSR count). The van der Waals surface area contributed by atoms with Crippen LogP contribution in [0.3, 0.4) is 0 Å². The summed E-state index contributed by atoms with van der Waals surface area (Å²) >= 11 is 1.65. The van der Waals surface area contributed by atoms with Crippen molar-refractivity contribution in [3.05, 3.63) is 82.0 Å². The van der Waals surface area contributed by atoms with Gasteiger partial charge in [0.2, 0.25) is 0 Å². The Kier molecular flexibility index (Phi) is 7.27. The van der Waals surface area contributed by atoms with Crippen LogP contribution in [0, 0.1) is 0 Å². The Labute approximate surface area is 175 Å². The van der Waals surface area contributed by atoms with Gasteiger partial charge in [-0.2, -0.15) is 0 Å². The number of amides is 1. The van der Waals surface area contributed by atoms with Crippen LogP contribution in [0.25, 0.3) is 0 Å². The summed E-state index contributed by atoms with van der Waals surface area (Å²) in [6.45, 7) is 1.01. The number of carbonyl (C=O) groups excluding carboxylic acids is 1. The average molecular weight is 412 g/mol. The molecule has 29 heavy (non-hydrogen) atoms. The highest BCUT2D eigenvalue weighted by molar-refractivity contribution is 7.10. The van der Waals surface area contributed by atoms with Gasteiger partial charge in [0.15, 0.2) is 18.0 Å². The number of nitrogens with one attached hydrogen (secondary N) is 2. The first-order valence-electron chi connectivity index (χ1n) is 9.51. The minimum atomic E-state index is -0.136. The largest absolute Gasteiger partial charge is 0.493 e. The van der Waals surface area contributed by atoms with Gasteiger partial charge < -0.3 is 19.7 Å². The standard InChI is InChI=1S/C23H26N2O3S/c1-25(15-18-11-7-12-19(27-2)23(18)28-3)16-21(26)24-22(20-13-8-14-29-20)17-9-5-4-6-10-17/h4-14,22H,15-16H2,1-3H3,(H,24,26)/p+1/t22-/m1/s1. The van der Waals surface area contributed by atoms with Crippen LogP contribution in [0.2, 0.25) is 0 Å². The maximum atomic E-state index is 12.8. The molecular weight excluding hydrogens is 384 g/mol. The smallest absolute Gasteiger partial charge is 0.275 e. The van der Waals surface area contributed by atoms with Crippen LogP contribution in [-0.4, -0.2) is 33.7 Å². The van der Waals surface area contributed by atoms with Gasteiger partial charge in [-0.05, 0) is 29.1 Å². The highest BCUT2D eigenvalue weighted by atomic mass is 32.1. The van der Waals surface area contributed by atoms with Gasteiger partial charge in [0.05, 0.1) is 32.9 Å². The fourth-order valence-corrected chi connectivity index (χ4v) is 4.19. The first kappa shape index (κ1) is 20.9. The van der Waals surface area contributed by atoms with E-state index in [1.54, 1.807) is 25.6 Å². The number of rotatable bonds is 9. The van der Waals surface area contributed by atoms with Crippen molar-refractivity contribution < 1.29 is 19.2 Å². The van der Waals surface area contributed by atoms with Crippen molar-refractivity contribution in [3.8, 4) is 11.5 Å². The molecule has 0 aliphatic carbocycles. The number of hydrogen-bond acceptors (Lipinski definition) is 4. The second kappa shape index (κ2) is 10.1. The summed E-state index contributed by atoms with van der Waals surface area (Å²) in [6.07, 6.45) is 0. The topological polar surface area (TPSA) is 52.0 Å². The Morgan fingerprint density at radius 2 is 1.83 bits per heavy atom. The fraction of sp³-hybridized carbons (Fsp3) is 0.261. The summed E-state index contributed by atoms with van der Waals surface area (Å²) in [5, 5.41) is 5.23. The van der Waals surface area contributed by atoms with Crippen molar-refractivity contribution in [1.29, 1.82) is 0 Å². The molecule has 6 heteroatoms. The van der Waals surface area contributed by atoms with Crippen LogP contribution in [-0.2, 0) is 11.3 Å². The lowest BCUT2D eigenvalue weighted by atomic mass is 10.1. The highest BCUT2D eigenvalue weighted by Crippen LogP contribution is 2.30. The summed E-state index contributed by atoms with van der Waals surface area (Å²) in [6, 6.07) is 19.8.